The molecule has 0 saturated heterocycles. The lowest BCUT2D eigenvalue weighted by Crippen LogP contribution is -2.14. The van der Waals surface area contributed by atoms with E-state index < -0.39 is 0 Å². The summed E-state index contributed by atoms with van der Waals surface area (Å²) in [6.45, 7) is 0. The lowest BCUT2D eigenvalue weighted by atomic mass is 9.93. The van der Waals surface area contributed by atoms with Crippen LogP contribution in [0.1, 0.15) is 5.69 Å². The van der Waals surface area contributed by atoms with E-state index in [1.165, 1.54) is 21.2 Å². The van der Waals surface area contributed by atoms with Crippen molar-refractivity contribution < 1.29 is 0 Å². The maximum Gasteiger partial charge on any atom is 0.148 e. The molecule has 6 rings (SSSR count). The van der Waals surface area contributed by atoms with Gasteiger partial charge in [-0.05, 0) is 65.2 Å². The van der Waals surface area contributed by atoms with E-state index in [9.17, 15) is 5.26 Å². The van der Waals surface area contributed by atoms with E-state index in [1.807, 2.05) is 24.3 Å². The number of para-hydroxylation sites is 2. The van der Waals surface area contributed by atoms with Gasteiger partial charge in [0.1, 0.15) is 11.8 Å². The minimum Gasteiger partial charge on any atom is -0.308 e. The van der Waals surface area contributed by atoms with Crippen molar-refractivity contribution in [1.82, 2.24) is 4.98 Å². The topological polar surface area (TPSA) is 39.9 Å². The number of benzene rings is 4. The zero-order chi connectivity index (χ0) is 22.9. The summed E-state index contributed by atoms with van der Waals surface area (Å²) in [7, 11) is 0. The van der Waals surface area contributed by atoms with E-state index in [2.05, 4.69) is 101 Å². The van der Waals surface area contributed by atoms with Crippen molar-refractivity contribution in [2.45, 2.75) is 9.79 Å². The first-order valence-electron chi connectivity index (χ1n) is 11.0. The molecule has 0 saturated carbocycles. The Morgan fingerprint density at radius 1 is 0.647 bits per heavy atom. The largest absolute Gasteiger partial charge is 0.308 e. The van der Waals surface area contributed by atoms with E-state index in [1.54, 1.807) is 18.0 Å². The fraction of sp³-hybridized carbons (Fsp3) is 0. The van der Waals surface area contributed by atoms with Crippen LogP contribution in [0.15, 0.2) is 125 Å². The second-order valence-electron chi connectivity index (χ2n) is 7.98. The van der Waals surface area contributed by atoms with Gasteiger partial charge in [0.25, 0.3) is 0 Å². The monoisotopic (exact) mass is 453 g/mol. The van der Waals surface area contributed by atoms with E-state index in [4.69, 9.17) is 0 Å². The smallest absolute Gasteiger partial charge is 0.148 e. The van der Waals surface area contributed by atoms with Crippen LogP contribution >= 0.6 is 11.8 Å². The SMILES string of the molecule is N#Cc1ncccc1-c1ccccc1-c1cccc(N2c3ccccc3Sc3ccccc32)c1. The Labute approximate surface area is 203 Å². The summed E-state index contributed by atoms with van der Waals surface area (Å²) in [5.74, 6) is 0. The van der Waals surface area contributed by atoms with Gasteiger partial charge in [0.15, 0.2) is 0 Å². The molecule has 0 N–H and O–H groups in total. The molecule has 1 aromatic heterocycles. The van der Waals surface area contributed by atoms with Crippen LogP contribution in [-0.2, 0) is 0 Å². The summed E-state index contributed by atoms with van der Waals surface area (Å²) in [5.41, 5.74) is 7.89. The van der Waals surface area contributed by atoms with Gasteiger partial charge < -0.3 is 4.90 Å². The summed E-state index contributed by atoms with van der Waals surface area (Å²) >= 11 is 1.81. The van der Waals surface area contributed by atoms with Gasteiger partial charge in [0.05, 0.1) is 11.4 Å². The number of hydrogen-bond donors (Lipinski definition) is 0. The van der Waals surface area contributed by atoms with Crippen molar-refractivity contribution in [3.05, 3.63) is 121 Å². The highest BCUT2D eigenvalue weighted by molar-refractivity contribution is 7.99. The summed E-state index contributed by atoms with van der Waals surface area (Å²) in [6.07, 6.45) is 1.66. The third kappa shape index (κ3) is 3.44. The molecule has 0 amide bonds. The highest BCUT2D eigenvalue weighted by atomic mass is 32.2. The summed E-state index contributed by atoms with van der Waals surface area (Å²) in [5, 5.41) is 9.62. The molecular formula is C30H19N3S. The number of hydrogen-bond acceptors (Lipinski definition) is 4. The average Bonchev–Trinajstić information content (AvgIpc) is 2.91. The number of nitrogens with zero attached hydrogens (tertiary/aromatic N) is 3. The molecule has 4 heteroatoms. The Hall–Kier alpha value is -4.33. The van der Waals surface area contributed by atoms with Crippen LogP contribution in [0.5, 0.6) is 0 Å². The van der Waals surface area contributed by atoms with Gasteiger partial charge in [0, 0.05) is 27.2 Å². The Bertz CT molecular complexity index is 1520. The van der Waals surface area contributed by atoms with Crippen LogP contribution in [0.4, 0.5) is 17.1 Å². The molecule has 0 spiro atoms. The van der Waals surface area contributed by atoms with Crippen molar-refractivity contribution in [3.63, 3.8) is 0 Å². The maximum atomic E-state index is 9.62. The lowest BCUT2D eigenvalue weighted by Gasteiger charge is -2.33. The Morgan fingerprint density at radius 2 is 1.29 bits per heavy atom. The van der Waals surface area contributed by atoms with Gasteiger partial charge in [0.2, 0.25) is 0 Å². The molecule has 0 aliphatic carbocycles. The fourth-order valence-corrected chi connectivity index (χ4v) is 5.53. The van der Waals surface area contributed by atoms with Crippen molar-refractivity contribution in [2.75, 3.05) is 4.90 Å². The van der Waals surface area contributed by atoms with Crippen LogP contribution in [-0.4, -0.2) is 4.98 Å². The average molecular weight is 454 g/mol. The first-order chi connectivity index (χ1) is 16.8. The molecule has 0 unspecified atom stereocenters. The van der Waals surface area contributed by atoms with Gasteiger partial charge in [-0.2, -0.15) is 5.26 Å². The predicted molar refractivity (Wildman–Crippen MR) is 139 cm³/mol. The standard InChI is InChI=1S/C30H19N3S/c31-20-26-25(13-8-18-32-26)24-12-2-1-11-23(24)21-9-7-10-22(19-21)33-27-14-3-5-16-29(27)34-30-17-6-4-15-28(30)33/h1-19H. The van der Waals surface area contributed by atoms with Crippen LogP contribution in [0.25, 0.3) is 22.3 Å². The summed E-state index contributed by atoms with van der Waals surface area (Å²) < 4.78 is 0. The van der Waals surface area contributed by atoms with Crippen molar-refractivity contribution in [3.8, 4) is 28.3 Å². The highest BCUT2D eigenvalue weighted by Gasteiger charge is 2.24. The van der Waals surface area contributed by atoms with E-state index >= 15 is 0 Å². The van der Waals surface area contributed by atoms with Crippen LogP contribution in [0.2, 0.25) is 0 Å². The third-order valence-corrected chi connectivity index (χ3v) is 7.11. The van der Waals surface area contributed by atoms with Gasteiger partial charge in [-0.1, -0.05) is 72.4 Å². The maximum absolute atomic E-state index is 9.62. The normalized spacial score (nSPS) is 11.9. The molecule has 1 aliphatic rings. The lowest BCUT2D eigenvalue weighted by molar-refractivity contribution is 1.17. The molecule has 0 fully saturated rings. The number of nitriles is 1. The van der Waals surface area contributed by atoms with Gasteiger partial charge >= 0.3 is 0 Å². The van der Waals surface area contributed by atoms with E-state index in [-0.39, 0.29) is 0 Å². The minimum atomic E-state index is 0.432. The van der Waals surface area contributed by atoms with Gasteiger partial charge in [-0.25, -0.2) is 4.98 Å². The number of aromatic nitrogens is 1. The molecule has 4 aromatic carbocycles. The molecule has 0 bridgehead atoms. The second-order valence-corrected chi connectivity index (χ2v) is 9.06. The number of rotatable bonds is 3. The number of fused-ring (bicyclic) bond motifs is 2. The molecule has 0 radical (unpaired) electrons. The quantitative estimate of drug-likeness (QED) is 0.271. The molecule has 160 valence electrons. The van der Waals surface area contributed by atoms with Crippen molar-refractivity contribution >= 4 is 28.8 Å². The van der Waals surface area contributed by atoms with Gasteiger partial charge in [-0.15, -0.1) is 0 Å². The minimum absolute atomic E-state index is 0.432. The molecular weight excluding hydrogens is 434 g/mol. The molecule has 1 aliphatic heterocycles. The fourth-order valence-electron chi connectivity index (χ4n) is 4.48. The first-order valence-corrected chi connectivity index (χ1v) is 11.9. The van der Waals surface area contributed by atoms with Gasteiger partial charge in [-0.3, -0.25) is 0 Å². The van der Waals surface area contributed by atoms with Crippen LogP contribution in [0.3, 0.4) is 0 Å². The molecule has 2 heterocycles. The molecule has 3 nitrogen and oxygen atoms in total. The molecule has 0 atom stereocenters. The Balaban J connectivity index is 1.52. The zero-order valence-electron chi connectivity index (χ0n) is 18.2. The first kappa shape index (κ1) is 20.3. The third-order valence-electron chi connectivity index (χ3n) is 5.98. The van der Waals surface area contributed by atoms with Crippen molar-refractivity contribution in [2.24, 2.45) is 0 Å². The van der Waals surface area contributed by atoms with Crippen molar-refractivity contribution in [1.29, 1.82) is 5.26 Å². The van der Waals surface area contributed by atoms with Crippen LogP contribution in [0, 0.1) is 11.3 Å². The van der Waals surface area contributed by atoms with E-state index in [0.29, 0.717) is 5.69 Å². The predicted octanol–water partition coefficient (Wildman–Crippen LogP) is 8.22. The molecule has 34 heavy (non-hydrogen) atoms. The second kappa shape index (κ2) is 8.55. The van der Waals surface area contributed by atoms with E-state index in [0.717, 1.165) is 27.9 Å². The summed E-state index contributed by atoms with van der Waals surface area (Å²) in [6, 6.07) is 39.9. The Morgan fingerprint density at radius 3 is 2.03 bits per heavy atom. The zero-order valence-corrected chi connectivity index (χ0v) is 19.0. The number of pyridine rings is 1. The number of anilines is 3. The highest BCUT2D eigenvalue weighted by Crippen LogP contribution is 2.51. The Kier molecular flexibility index (Phi) is 5.10. The summed E-state index contributed by atoms with van der Waals surface area (Å²) in [4.78, 5) is 9.08. The molecule has 5 aromatic rings. The van der Waals surface area contributed by atoms with Crippen LogP contribution < -0.4 is 4.90 Å².